The van der Waals surface area contributed by atoms with E-state index < -0.39 is 11.9 Å². The summed E-state index contributed by atoms with van der Waals surface area (Å²) < 4.78 is 43.1. The topological polar surface area (TPSA) is 84.2 Å². The Bertz CT molecular complexity index is 754. The summed E-state index contributed by atoms with van der Waals surface area (Å²) in [5.74, 6) is -0.166. The standard InChI is InChI=1S/C15H16F3N5O2/c1-9-8-11(25-22-9)13(24)20-10-3-6-23(7-4-10)14-19-5-2-12(21-14)15(16,17)18/h2,5,8,10H,3-4,6-7H2,1H3,(H,20,24). The maximum Gasteiger partial charge on any atom is 0.433 e. The van der Waals surface area contributed by atoms with Gasteiger partial charge in [0.1, 0.15) is 5.69 Å². The molecule has 1 aliphatic heterocycles. The fourth-order valence-electron chi connectivity index (χ4n) is 2.61. The zero-order chi connectivity index (χ0) is 18.0. The van der Waals surface area contributed by atoms with Crippen LogP contribution in [0.4, 0.5) is 19.1 Å². The van der Waals surface area contributed by atoms with E-state index in [0.717, 1.165) is 12.3 Å². The molecule has 3 rings (SSSR count). The normalized spacial score (nSPS) is 16.1. The quantitative estimate of drug-likeness (QED) is 0.909. The molecule has 134 valence electrons. The third kappa shape index (κ3) is 4.06. The van der Waals surface area contributed by atoms with E-state index in [1.54, 1.807) is 17.9 Å². The lowest BCUT2D eigenvalue weighted by Crippen LogP contribution is -2.45. The first kappa shape index (κ1) is 17.2. The van der Waals surface area contributed by atoms with Gasteiger partial charge in [-0.15, -0.1) is 0 Å². The molecule has 1 fully saturated rings. The highest BCUT2D eigenvalue weighted by Crippen LogP contribution is 2.28. The predicted molar refractivity (Wildman–Crippen MR) is 81.0 cm³/mol. The Morgan fingerprint density at radius 2 is 2.08 bits per heavy atom. The number of rotatable bonds is 3. The first-order valence-corrected chi connectivity index (χ1v) is 7.72. The molecule has 1 N–H and O–H groups in total. The van der Waals surface area contributed by atoms with Crippen molar-refractivity contribution < 1.29 is 22.5 Å². The second-order valence-electron chi connectivity index (χ2n) is 5.81. The Morgan fingerprint density at radius 3 is 2.68 bits per heavy atom. The molecule has 2 aromatic rings. The fraction of sp³-hybridized carbons (Fsp3) is 0.467. The van der Waals surface area contributed by atoms with Crippen molar-refractivity contribution in [1.29, 1.82) is 0 Å². The van der Waals surface area contributed by atoms with Gasteiger partial charge in [0.25, 0.3) is 5.91 Å². The Hall–Kier alpha value is -2.65. The zero-order valence-electron chi connectivity index (χ0n) is 13.4. The minimum absolute atomic E-state index is 0.0467. The van der Waals surface area contributed by atoms with Gasteiger partial charge in [0.05, 0.1) is 5.69 Å². The summed E-state index contributed by atoms with van der Waals surface area (Å²) in [4.78, 5) is 21.2. The fourth-order valence-corrected chi connectivity index (χ4v) is 2.61. The van der Waals surface area contributed by atoms with Crippen molar-refractivity contribution in [3.63, 3.8) is 0 Å². The molecular weight excluding hydrogens is 339 g/mol. The largest absolute Gasteiger partial charge is 0.433 e. The first-order valence-electron chi connectivity index (χ1n) is 7.72. The Balaban J connectivity index is 1.58. The van der Waals surface area contributed by atoms with Gasteiger partial charge in [-0.05, 0) is 25.8 Å². The van der Waals surface area contributed by atoms with Crippen LogP contribution in [0.1, 0.15) is 34.8 Å². The molecule has 1 aliphatic rings. The molecule has 0 aromatic carbocycles. The number of hydrogen-bond donors (Lipinski definition) is 1. The third-order valence-electron chi connectivity index (χ3n) is 3.90. The average molecular weight is 355 g/mol. The maximum atomic E-state index is 12.7. The number of amides is 1. The SMILES string of the molecule is Cc1cc(C(=O)NC2CCN(c3nccc(C(F)(F)F)n3)CC2)on1. The molecule has 0 atom stereocenters. The first-order chi connectivity index (χ1) is 11.8. The summed E-state index contributed by atoms with van der Waals surface area (Å²) >= 11 is 0. The van der Waals surface area contributed by atoms with Crippen molar-refractivity contribution in [2.45, 2.75) is 32.0 Å². The van der Waals surface area contributed by atoms with E-state index in [0.29, 0.717) is 31.6 Å². The molecule has 25 heavy (non-hydrogen) atoms. The minimum atomic E-state index is -4.50. The number of nitrogens with zero attached hydrogens (tertiary/aromatic N) is 4. The van der Waals surface area contributed by atoms with E-state index in [2.05, 4.69) is 20.4 Å². The van der Waals surface area contributed by atoms with Gasteiger partial charge in [-0.25, -0.2) is 9.97 Å². The number of carbonyl (C=O) groups is 1. The van der Waals surface area contributed by atoms with Crippen molar-refractivity contribution >= 4 is 11.9 Å². The molecule has 0 spiro atoms. The zero-order valence-corrected chi connectivity index (χ0v) is 13.4. The maximum absolute atomic E-state index is 12.7. The van der Waals surface area contributed by atoms with Crippen LogP contribution in [0.2, 0.25) is 0 Å². The third-order valence-corrected chi connectivity index (χ3v) is 3.90. The molecule has 0 bridgehead atoms. The Kier molecular flexibility index (Phi) is 4.60. The van der Waals surface area contributed by atoms with Crippen molar-refractivity contribution in [3.8, 4) is 0 Å². The van der Waals surface area contributed by atoms with Gasteiger partial charge < -0.3 is 14.7 Å². The second-order valence-corrected chi connectivity index (χ2v) is 5.81. The van der Waals surface area contributed by atoms with E-state index in [-0.39, 0.29) is 23.7 Å². The van der Waals surface area contributed by atoms with E-state index in [9.17, 15) is 18.0 Å². The molecule has 3 heterocycles. The van der Waals surface area contributed by atoms with Gasteiger partial charge in [-0.1, -0.05) is 5.16 Å². The van der Waals surface area contributed by atoms with Crippen LogP contribution in [0.5, 0.6) is 0 Å². The van der Waals surface area contributed by atoms with Gasteiger partial charge in [-0.2, -0.15) is 13.2 Å². The van der Waals surface area contributed by atoms with Crippen molar-refractivity contribution in [1.82, 2.24) is 20.4 Å². The lowest BCUT2D eigenvalue weighted by Gasteiger charge is -2.32. The number of nitrogens with one attached hydrogen (secondary N) is 1. The molecule has 0 radical (unpaired) electrons. The molecule has 7 nitrogen and oxygen atoms in total. The lowest BCUT2D eigenvalue weighted by atomic mass is 10.1. The molecule has 2 aromatic heterocycles. The smallest absolute Gasteiger partial charge is 0.351 e. The monoisotopic (exact) mass is 355 g/mol. The van der Waals surface area contributed by atoms with E-state index in [1.807, 2.05) is 0 Å². The number of halogens is 3. The highest BCUT2D eigenvalue weighted by Gasteiger charge is 2.33. The highest BCUT2D eigenvalue weighted by molar-refractivity contribution is 5.91. The van der Waals surface area contributed by atoms with Gasteiger partial charge >= 0.3 is 6.18 Å². The van der Waals surface area contributed by atoms with E-state index in [4.69, 9.17) is 4.52 Å². The number of carbonyl (C=O) groups excluding carboxylic acids is 1. The summed E-state index contributed by atoms with van der Waals surface area (Å²) in [6.45, 7) is 2.61. The summed E-state index contributed by atoms with van der Waals surface area (Å²) in [6.07, 6.45) is -2.26. The van der Waals surface area contributed by atoms with Crippen molar-refractivity contribution in [2.24, 2.45) is 0 Å². The van der Waals surface area contributed by atoms with Crippen LogP contribution >= 0.6 is 0 Å². The van der Waals surface area contributed by atoms with Gasteiger partial charge in [0.15, 0.2) is 0 Å². The average Bonchev–Trinajstić information content (AvgIpc) is 3.01. The van der Waals surface area contributed by atoms with E-state index >= 15 is 0 Å². The van der Waals surface area contributed by atoms with Crippen LogP contribution in [-0.4, -0.2) is 40.2 Å². The van der Waals surface area contributed by atoms with Crippen LogP contribution in [0.3, 0.4) is 0 Å². The van der Waals surface area contributed by atoms with E-state index in [1.165, 1.54) is 0 Å². The summed E-state index contributed by atoms with van der Waals surface area (Å²) in [7, 11) is 0. The second kappa shape index (κ2) is 6.69. The predicted octanol–water partition coefficient (Wildman–Crippen LogP) is 2.19. The highest BCUT2D eigenvalue weighted by atomic mass is 19.4. The van der Waals surface area contributed by atoms with Crippen molar-refractivity contribution in [3.05, 3.63) is 35.5 Å². The van der Waals surface area contributed by atoms with Crippen molar-refractivity contribution in [2.75, 3.05) is 18.0 Å². The minimum Gasteiger partial charge on any atom is -0.351 e. The van der Waals surface area contributed by atoms with Crippen LogP contribution in [0, 0.1) is 6.92 Å². The summed E-state index contributed by atoms with van der Waals surface area (Å²) in [5.41, 5.74) is -0.352. The molecule has 0 aliphatic carbocycles. The number of anilines is 1. The Morgan fingerprint density at radius 1 is 1.36 bits per heavy atom. The number of hydrogen-bond acceptors (Lipinski definition) is 6. The summed E-state index contributed by atoms with van der Waals surface area (Å²) in [5, 5.41) is 6.49. The number of alkyl halides is 3. The molecular formula is C15H16F3N5O2. The van der Waals surface area contributed by atoms with Crippen LogP contribution in [0.25, 0.3) is 0 Å². The molecule has 1 saturated heterocycles. The van der Waals surface area contributed by atoms with Gasteiger partial charge in [0.2, 0.25) is 11.7 Å². The number of aromatic nitrogens is 3. The molecule has 0 unspecified atom stereocenters. The van der Waals surface area contributed by atoms with Crippen LogP contribution in [-0.2, 0) is 6.18 Å². The van der Waals surface area contributed by atoms with Gasteiger partial charge in [0, 0.05) is 31.4 Å². The molecule has 0 saturated carbocycles. The molecule has 10 heteroatoms. The lowest BCUT2D eigenvalue weighted by molar-refractivity contribution is -0.141. The Labute approximate surface area is 141 Å². The molecule has 1 amide bonds. The van der Waals surface area contributed by atoms with Gasteiger partial charge in [-0.3, -0.25) is 4.79 Å². The van der Waals surface area contributed by atoms with Crippen LogP contribution in [0.15, 0.2) is 22.9 Å². The summed E-state index contributed by atoms with van der Waals surface area (Å²) in [6, 6.07) is 2.29. The van der Waals surface area contributed by atoms with Crippen LogP contribution < -0.4 is 10.2 Å². The number of piperidine rings is 1. The number of aryl methyl sites for hydroxylation is 1.